The van der Waals surface area contributed by atoms with Crippen molar-refractivity contribution in [3.63, 3.8) is 0 Å². The second kappa shape index (κ2) is 12.4. The fraction of sp³-hybridized carbons (Fsp3) is 0.348. The Morgan fingerprint density at radius 2 is 1.83 bits per heavy atom. The summed E-state index contributed by atoms with van der Waals surface area (Å²) in [5, 5.41) is 11.1. The molecule has 3 aromatic rings. The van der Waals surface area contributed by atoms with E-state index in [-0.39, 0.29) is 24.0 Å². The average Bonchev–Trinajstić information content (AvgIpc) is 3.07. The highest BCUT2D eigenvalue weighted by Crippen LogP contribution is 2.24. The maximum absolute atomic E-state index is 5.98. The number of fused-ring (bicyclic) bond motifs is 1. The van der Waals surface area contributed by atoms with Crippen molar-refractivity contribution in [2.45, 2.75) is 26.9 Å². The van der Waals surface area contributed by atoms with Crippen molar-refractivity contribution in [1.29, 1.82) is 0 Å². The van der Waals surface area contributed by atoms with Crippen LogP contribution in [0.15, 0.2) is 57.9 Å². The first kappa shape index (κ1) is 24.0. The summed E-state index contributed by atoms with van der Waals surface area (Å²) in [6.07, 6.45) is 0. The van der Waals surface area contributed by atoms with Crippen molar-refractivity contribution in [3.05, 3.63) is 65.4 Å². The second-order valence-electron chi connectivity index (χ2n) is 6.81. The molecule has 0 amide bonds. The van der Waals surface area contributed by atoms with Gasteiger partial charge in [0.25, 0.3) is 0 Å². The molecule has 0 spiro atoms. The number of nitrogens with one attached hydrogen (secondary N) is 3. The third-order valence-corrected chi connectivity index (χ3v) is 4.71. The van der Waals surface area contributed by atoms with Crippen LogP contribution in [0.1, 0.15) is 23.8 Å². The van der Waals surface area contributed by atoms with Crippen LogP contribution in [0.25, 0.3) is 11.0 Å². The summed E-state index contributed by atoms with van der Waals surface area (Å²) in [6.45, 7) is 7.63. The summed E-state index contributed by atoms with van der Waals surface area (Å²) >= 11 is 0. The number of rotatable bonds is 9. The van der Waals surface area contributed by atoms with Gasteiger partial charge in [0.15, 0.2) is 5.96 Å². The smallest absolute Gasteiger partial charge is 0.191 e. The summed E-state index contributed by atoms with van der Waals surface area (Å²) in [5.74, 6) is 1.71. The number of nitrogens with zero attached hydrogens (tertiary/aromatic N) is 1. The van der Waals surface area contributed by atoms with E-state index in [2.05, 4.69) is 60.1 Å². The van der Waals surface area contributed by atoms with E-state index in [9.17, 15) is 0 Å². The molecule has 7 heteroatoms. The fourth-order valence-corrected chi connectivity index (χ4v) is 3.10. The van der Waals surface area contributed by atoms with Gasteiger partial charge >= 0.3 is 0 Å². The molecule has 0 unspecified atom stereocenters. The summed E-state index contributed by atoms with van der Waals surface area (Å²) < 4.78 is 11.0. The van der Waals surface area contributed by atoms with Gasteiger partial charge in [0, 0.05) is 36.8 Å². The van der Waals surface area contributed by atoms with E-state index in [4.69, 9.17) is 14.1 Å². The number of hydrogen-bond acceptors (Lipinski definition) is 4. The van der Waals surface area contributed by atoms with E-state index in [1.807, 2.05) is 18.2 Å². The van der Waals surface area contributed by atoms with Gasteiger partial charge in [0.2, 0.25) is 0 Å². The molecule has 162 valence electrons. The third kappa shape index (κ3) is 6.63. The molecule has 0 atom stereocenters. The molecule has 30 heavy (non-hydrogen) atoms. The monoisotopic (exact) mass is 522 g/mol. The minimum atomic E-state index is 0. The van der Waals surface area contributed by atoms with E-state index >= 15 is 0 Å². The molecule has 0 aliphatic carbocycles. The lowest BCUT2D eigenvalue weighted by Crippen LogP contribution is -2.36. The van der Waals surface area contributed by atoms with Crippen LogP contribution in [0.4, 0.5) is 5.69 Å². The van der Waals surface area contributed by atoms with Gasteiger partial charge in [-0.3, -0.25) is 0 Å². The van der Waals surface area contributed by atoms with Crippen LogP contribution in [0.5, 0.6) is 0 Å². The topological polar surface area (TPSA) is 70.8 Å². The number of para-hydroxylation sites is 1. The largest absolute Gasteiger partial charge is 0.459 e. The molecule has 0 fully saturated rings. The zero-order valence-corrected chi connectivity index (χ0v) is 20.2. The van der Waals surface area contributed by atoms with Crippen LogP contribution in [-0.4, -0.2) is 32.8 Å². The quantitative estimate of drug-likeness (QED) is 0.165. The van der Waals surface area contributed by atoms with Crippen molar-refractivity contribution in [2.24, 2.45) is 4.99 Å². The van der Waals surface area contributed by atoms with E-state index in [0.29, 0.717) is 19.7 Å². The van der Waals surface area contributed by atoms with Crippen LogP contribution in [-0.2, 0) is 17.8 Å². The maximum Gasteiger partial charge on any atom is 0.191 e. The lowest BCUT2D eigenvalue weighted by Gasteiger charge is -2.11. The maximum atomic E-state index is 5.98. The first-order valence-corrected chi connectivity index (χ1v) is 10.0. The zero-order valence-electron chi connectivity index (χ0n) is 17.8. The van der Waals surface area contributed by atoms with E-state index in [1.54, 1.807) is 7.11 Å². The Labute approximate surface area is 195 Å². The molecule has 0 aliphatic rings. The average molecular weight is 522 g/mol. The third-order valence-electron chi connectivity index (χ3n) is 4.71. The van der Waals surface area contributed by atoms with Gasteiger partial charge in [0.1, 0.15) is 11.3 Å². The highest BCUT2D eigenvalue weighted by atomic mass is 127. The van der Waals surface area contributed by atoms with Crippen molar-refractivity contribution in [3.8, 4) is 0 Å². The van der Waals surface area contributed by atoms with Gasteiger partial charge in [0.05, 0.1) is 19.7 Å². The Morgan fingerprint density at radius 1 is 1.07 bits per heavy atom. The standard InChI is InChI=1S/C23H30N4O2.HI/c1-4-24-23(26-15-18-9-11-19(12-10-18)25-13-14-28-3)27-16-22-17(2)20-7-5-6-8-21(20)29-22;/h5-12,25H,4,13-16H2,1-3H3,(H2,24,26,27);1H. The molecule has 0 bridgehead atoms. The highest BCUT2D eigenvalue weighted by Gasteiger charge is 2.10. The van der Waals surface area contributed by atoms with Crippen molar-refractivity contribution >= 4 is 46.6 Å². The second-order valence-corrected chi connectivity index (χ2v) is 6.81. The van der Waals surface area contributed by atoms with Crippen LogP contribution in [0.2, 0.25) is 0 Å². The lowest BCUT2D eigenvalue weighted by molar-refractivity contribution is 0.211. The zero-order chi connectivity index (χ0) is 20.5. The molecule has 0 radical (unpaired) electrons. The van der Waals surface area contributed by atoms with Gasteiger partial charge in [-0.15, -0.1) is 24.0 Å². The number of benzene rings is 2. The molecule has 0 saturated carbocycles. The normalized spacial score (nSPS) is 11.2. The van der Waals surface area contributed by atoms with Gasteiger partial charge < -0.3 is 25.1 Å². The Kier molecular flexibility index (Phi) is 9.96. The number of aryl methyl sites for hydroxylation is 1. The number of anilines is 1. The minimum absolute atomic E-state index is 0. The van der Waals surface area contributed by atoms with Crippen molar-refractivity contribution in [2.75, 3.05) is 32.1 Å². The molecule has 3 rings (SSSR count). The van der Waals surface area contributed by atoms with Gasteiger partial charge in [-0.2, -0.15) is 0 Å². The summed E-state index contributed by atoms with van der Waals surface area (Å²) in [5.41, 5.74) is 4.32. The van der Waals surface area contributed by atoms with E-state index in [1.165, 1.54) is 5.56 Å². The molecular formula is C23H31IN4O2. The first-order valence-electron chi connectivity index (χ1n) is 10.0. The first-order chi connectivity index (χ1) is 14.2. The Morgan fingerprint density at radius 3 is 2.53 bits per heavy atom. The predicted molar refractivity (Wildman–Crippen MR) is 135 cm³/mol. The predicted octanol–water partition coefficient (Wildman–Crippen LogP) is 4.67. The molecular weight excluding hydrogens is 491 g/mol. The minimum Gasteiger partial charge on any atom is -0.459 e. The van der Waals surface area contributed by atoms with E-state index in [0.717, 1.165) is 47.0 Å². The number of hydrogen-bond donors (Lipinski definition) is 3. The number of aliphatic imine (C=N–C) groups is 1. The number of ether oxygens (including phenoxy) is 1. The van der Waals surface area contributed by atoms with Crippen molar-refractivity contribution < 1.29 is 9.15 Å². The summed E-state index contributed by atoms with van der Waals surface area (Å²) in [4.78, 5) is 4.70. The Bertz CT molecular complexity index is 938. The van der Waals surface area contributed by atoms with Crippen LogP contribution in [0, 0.1) is 6.92 Å². The van der Waals surface area contributed by atoms with Crippen molar-refractivity contribution in [1.82, 2.24) is 10.6 Å². The molecule has 0 aliphatic heterocycles. The number of guanidine groups is 1. The number of halogens is 1. The van der Waals surface area contributed by atoms with Crippen LogP contribution >= 0.6 is 24.0 Å². The molecule has 0 saturated heterocycles. The van der Waals surface area contributed by atoms with Gasteiger partial charge in [-0.05, 0) is 37.6 Å². The van der Waals surface area contributed by atoms with Crippen LogP contribution in [0.3, 0.4) is 0 Å². The van der Waals surface area contributed by atoms with Crippen LogP contribution < -0.4 is 16.0 Å². The lowest BCUT2D eigenvalue weighted by atomic mass is 10.1. The summed E-state index contributed by atoms with van der Waals surface area (Å²) in [7, 11) is 1.70. The van der Waals surface area contributed by atoms with Gasteiger partial charge in [-0.25, -0.2) is 4.99 Å². The SMILES string of the molecule is CCNC(=NCc1ccc(NCCOC)cc1)NCc1oc2ccccc2c1C.I. The Hall–Kier alpha value is -2.26. The molecule has 1 heterocycles. The molecule has 2 aromatic carbocycles. The Balaban J connectivity index is 0.00000320. The summed E-state index contributed by atoms with van der Waals surface area (Å²) in [6, 6.07) is 16.4. The number of methoxy groups -OCH3 is 1. The molecule has 3 N–H and O–H groups in total. The highest BCUT2D eigenvalue weighted by molar-refractivity contribution is 14.0. The molecule has 6 nitrogen and oxygen atoms in total. The fourth-order valence-electron chi connectivity index (χ4n) is 3.10. The van der Waals surface area contributed by atoms with E-state index < -0.39 is 0 Å². The van der Waals surface area contributed by atoms with Gasteiger partial charge in [-0.1, -0.05) is 30.3 Å². The molecule has 1 aromatic heterocycles. The number of furan rings is 1.